The highest BCUT2D eigenvalue weighted by Gasteiger charge is 2.14. The molecule has 1 heterocycles. The van der Waals surface area contributed by atoms with Crippen LogP contribution in [0, 0.1) is 0 Å². The number of ether oxygens (including phenoxy) is 3. The molecule has 1 unspecified atom stereocenters. The Morgan fingerprint density at radius 1 is 1.14 bits per heavy atom. The molecular formula is C16H33N3O3. The first kappa shape index (κ1) is 19.2. The van der Waals surface area contributed by atoms with Gasteiger partial charge in [0.05, 0.1) is 12.7 Å². The minimum absolute atomic E-state index is 0.320. The zero-order valence-electron chi connectivity index (χ0n) is 14.2. The molecule has 6 nitrogen and oxygen atoms in total. The molecule has 0 bridgehead atoms. The van der Waals surface area contributed by atoms with E-state index in [2.05, 4.69) is 15.6 Å². The monoisotopic (exact) mass is 315 g/mol. The van der Waals surface area contributed by atoms with Crippen LogP contribution in [0.1, 0.15) is 38.5 Å². The van der Waals surface area contributed by atoms with Crippen molar-refractivity contribution in [3.05, 3.63) is 0 Å². The van der Waals surface area contributed by atoms with E-state index < -0.39 is 0 Å². The standard InChI is InChI=1S/C16H33N3O3/c1-17-16(18-9-4-3-5-11-20-2)19-10-7-12-21-14-15-8-6-13-22-15/h15H,3-14H2,1-2H3,(H2,17,18,19). The van der Waals surface area contributed by atoms with Crippen LogP contribution in [0.5, 0.6) is 0 Å². The molecule has 0 radical (unpaired) electrons. The predicted molar refractivity (Wildman–Crippen MR) is 89.5 cm³/mol. The van der Waals surface area contributed by atoms with Crippen LogP contribution in [0.15, 0.2) is 4.99 Å². The molecule has 2 N–H and O–H groups in total. The number of nitrogens with one attached hydrogen (secondary N) is 2. The minimum atomic E-state index is 0.320. The first-order chi connectivity index (χ1) is 10.9. The third-order valence-electron chi connectivity index (χ3n) is 3.63. The summed E-state index contributed by atoms with van der Waals surface area (Å²) in [7, 11) is 3.54. The van der Waals surface area contributed by atoms with Crippen LogP contribution in [0.3, 0.4) is 0 Å². The number of unbranched alkanes of at least 4 members (excludes halogenated alkanes) is 2. The molecular weight excluding hydrogens is 282 g/mol. The zero-order valence-corrected chi connectivity index (χ0v) is 14.2. The van der Waals surface area contributed by atoms with E-state index in [1.165, 1.54) is 12.8 Å². The first-order valence-corrected chi connectivity index (χ1v) is 8.49. The maximum absolute atomic E-state index is 5.63. The quantitative estimate of drug-likeness (QED) is 0.325. The van der Waals surface area contributed by atoms with Crippen LogP contribution in [-0.4, -0.2) is 65.7 Å². The van der Waals surface area contributed by atoms with E-state index in [9.17, 15) is 0 Å². The van der Waals surface area contributed by atoms with E-state index >= 15 is 0 Å². The number of aliphatic imine (C=N–C) groups is 1. The Kier molecular flexibility index (Phi) is 12.0. The highest BCUT2D eigenvalue weighted by molar-refractivity contribution is 5.79. The fourth-order valence-electron chi connectivity index (χ4n) is 2.35. The van der Waals surface area contributed by atoms with Gasteiger partial charge in [-0.2, -0.15) is 0 Å². The van der Waals surface area contributed by atoms with Crippen LogP contribution < -0.4 is 10.6 Å². The van der Waals surface area contributed by atoms with Gasteiger partial charge < -0.3 is 24.8 Å². The Balaban J connectivity index is 1.88. The van der Waals surface area contributed by atoms with Gasteiger partial charge in [0, 0.05) is 47.1 Å². The van der Waals surface area contributed by atoms with E-state index in [0.717, 1.165) is 71.2 Å². The molecule has 0 saturated carbocycles. The second-order valence-corrected chi connectivity index (χ2v) is 5.54. The fraction of sp³-hybridized carbons (Fsp3) is 0.938. The highest BCUT2D eigenvalue weighted by atomic mass is 16.5. The van der Waals surface area contributed by atoms with Gasteiger partial charge in [-0.15, -0.1) is 0 Å². The molecule has 0 aromatic heterocycles. The molecule has 0 aliphatic carbocycles. The molecule has 0 amide bonds. The normalized spacial score (nSPS) is 18.6. The van der Waals surface area contributed by atoms with E-state index in [1.807, 2.05) is 0 Å². The number of hydrogen-bond donors (Lipinski definition) is 2. The van der Waals surface area contributed by atoms with Gasteiger partial charge in [-0.05, 0) is 38.5 Å². The van der Waals surface area contributed by atoms with E-state index in [-0.39, 0.29) is 0 Å². The Hall–Kier alpha value is -0.850. The van der Waals surface area contributed by atoms with Gasteiger partial charge in [-0.3, -0.25) is 4.99 Å². The molecule has 1 fully saturated rings. The van der Waals surface area contributed by atoms with Crippen molar-refractivity contribution in [2.24, 2.45) is 4.99 Å². The molecule has 1 atom stereocenters. The summed E-state index contributed by atoms with van der Waals surface area (Å²) in [6, 6.07) is 0. The Labute approximate surface area is 135 Å². The second-order valence-electron chi connectivity index (χ2n) is 5.54. The smallest absolute Gasteiger partial charge is 0.190 e. The number of methoxy groups -OCH3 is 1. The lowest BCUT2D eigenvalue weighted by Gasteiger charge is -2.13. The van der Waals surface area contributed by atoms with Gasteiger partial charge in [0.1, 0.15) is 0 Å². The lowest BCUT2D eigenvalue weighted by atomic mass is 10.2. The van der Waals surface area contributed by atoms with Crippen molar-refractivity contribution in [2.45, 2.75) is 44.6 Å². The molecule has 0 aromatic carbocycles. The number of guanidine groups is 1. The maximum atomic E-state index is 5.63. The minimum Gasteiger partial charge on any atom is -0.385 e. The molecule has 0 aromatic rings. The van der Waals surface area contributed by atoms with Gasteiger partial charge in [0.2, 0.25) is 0 Å². The Morgan fingerprint density at radius 3 is 2.64 bits per heavy atom. The zero-order chi connectivity index (χ0) is 15.9. The third kappa shape index (κ3) is 9.97. The maximum Gasteiger partial charge on any atom is 0.190 e. The largest absolute Gasteiger partial charge is 0.385 e. The lowest BCUT2D eigenvalue weighted by Crippen LogP contribution is -2.38. The summed E-state index contributed by atoms with van der Waals surface area (Å²) in [6.07, 6.45) is 7.03. The van der Waals surface area contributed by atoms with E-state index in [4.69, 9.17) is 14.2 Å². The second kappa shape index (κ2) is 13.8. The van der Waals surface area contributed by atoms with Crippen molar-refractivity contribution in [3.63, 3.8) is 0 Å². The average Bonchev–Trinajstić information content (AvgIpc) is 3.05. The summed E-state index contributed by atoms with van der Waals surface area (Å²) < 4.78 is 16.2. The van der Waals surface area contributed by atoms with Gasteiger partial charge in [0.25, 0.3) is 0 Å². The van der Waals surface area contributed by atoms with Crippen LogP contribution >= 0.6 is 0 Å². The molecule has 0 spiro atoms. The van der Waals surface area contributed by atoms with Gasteiger partial charge in [-0.1, -0.05) is 0 Å². The summed E-state index contributed by atoms with van der Waals surface area (Å²) in [6.45, 7) is 5.05. The van der Waals surface area contributed by atoms with Gasteiger partial charge >= 0.3 is 0 Å². The average molecular weight is 315 g/mol. The van der Waals surface area contributed by atoms with Crippen LogP contribution in [0.2, 0.25) is 0 Å². The topological polar surface area (TPSA) is 64.1 Å². The molecule has 1 aliphatic heterocycles. The molecule has 22 heavy (non-hydrogen) atoms. The Morgan fingerprint density at radius 2 is 1.95 bits per heavy atom. The van der Waals surface area contributed by atoms with Gasteiger partial charge in [0.15, 0.2) is 5.96 Å². The van der Waals surface area contributed by atoms with Crippen molar-refractivity contribution in [1.82, 2.24) is 10.6 Å². The molecule has 1 aliphatic rings. The lowest BCUT2D eigenvalue weighted by molar-refractivity contribution is 0.0168. The van der Waals surface area contributed by atoms with E-state index in [0.29, 0.717) is 6.10 Å². The Bertz CT molecular complexity index is 282. The SMILES string of the molecule is CN=C(NCCCCCOC)NCCCOCC1CCCO1. The predicted octanol–water partition coefficient (Wildman–Crippen LogP) is 1.55. The van der Waals surface area contributed by atoms with Crippen molar-refractivity contribution in [2.75, 3.05) is 53.7 Å². The summed E-state index contributed by atoms with van der Waals surface area (Å²) in [5.74, 6) is 0.867. The van der Waals surface area contributed by atoms with Crippen LogP contribution in [0.25, 0.3) is 0 Å². The van der Waals surface area contributed by atoms with E-state index in [1.54, 1.807) is 14.2 Å². The summed E-state index contributed by atoms with van der Waals surface area (Å²) in [4.78, 5) is 4.21. The third-order valence-corrected chi connectivity index (χ3v) is 3.63. The summed E-state index contributed by atoms with van der Waals surface area (Å²) in [5, 5.41) is 6.62. The van der Waals surface area contributed by atoms with Gasteiger partial charge in [-0.25, -0.2) is 0 Å². The first-order valence-electron chi connectivity index (χ1n) is 8.49. The number of nitrogens with zero attached hydrogens (tertiary/aromatic N) is 1. The van der Waals surface area contributed by atoms with Crippen LogP contribution in [-0.2, 0) is 14.2 Å². The van der Waals surface area contributed by atoms with Crippen molar-refractivity contribution in [3.8, 4) is 0 Å². The highest BCUT2D eigenvalue weighted by Crippen LogP contribution is 2.11. The van der Waals surface area contributed by atoms with Crippen LogP contribution in [0.4, 0.5) is 0 Å². The summed E-state index contributed by atoms with van der Waals surface area (Å²) >= 11 is 0. The molecule has 130 valence electrons. The number of rotatable bonds is 12. The van der Waals surface area contributed by atoms with Crippen molar-refractivity contribution >= 4 is 5.96 Å². The molecule has 1 rings (SSSR count). The fourth-order valence-corrected chi connectivity index (χ4v) is 2.35. The van der Waals surface area contributed by atoms with Crippen molar-refractivity contribution < 1.29 is 14.2 Å². The summed E-state index contributed by atoms with van der Waals surface area (Å²) in [5.41, 5.74) is 0. The van der Waals surface area contributed by atoms with Crippen molar-refractivity contribution in [1.29, 1.82) is 0 Å². The molecule has 1 saturated heterocycles. The molecule has 6 heteroatoms. The number of hydrogen-bond acceptors (Lipinski definition) is 4.